The number of rotatable bonds is 10. The Balaban J connectivity index is 1.55. The Morgan fingerprint density at radius 3 is 2.56 bits per heavy atom. The van der Waals surface area contributed by atoms with E-state index in [2.05, 4.69) is 28.6 Å². The van der Waals surface area contributed by atoms with E-state index in [1.54, 1.807) is 18.2 Å². The summed E-state index contributed by atoms with van der Waals surface area (Å²) < 4.78 is 21.8. The zero-order chi connectivity index (χ0) is 23.9. The molecule has 1 aromatic carbocycles. The van der Waals surface area contributed by atoms with E-state index in [0.29, 0.717) is 24.1 Å². The molecular formula is C27H35FN4O2. The number of carbonyl (C=O) groups excluding carboxylic acids is 1. The van der Waals surface area contributed by atoms with Crippen molar-refractivity contribution in [1.29, 1.82) is 0 Å². The minimum Gasteiger partial charge on any atom is -0.449 e. The normalized spacial score (nSPS) is 14.6. The highest BCUT2D eigenvalue weighted by molar-refractivity contribution is 5.92. The lowest BCUT2D eigenvalue weighted by Gasteiger charge is -2.24. The molecule has 0 radical (unpaired) electrons. The quantitative estimate of drug-likeness (QED) is 0.377. The molecule has 34 heavy (non-hydrogen) atoms. The highest BCUT2D eigenvalue weighted by Gasteiger charge is 2.25. The molecule has 1 fully saturated rings. The summed E-state index contributed by atoms with van der Waals surface area (Å²) in [5.41, 5.74) is 2.41. The topological polar surface area (TPSA) is 63.3 Å². The van der Waals surface area contributed by atoms with Crippen LogP contribution in [-0.4, -0.2) is 46.5 Å². The van der Waals surface area contributed by atoms with Gasteiger partial charge in [-0.2, -0.15) is 0 Å². The van der Waals surface area contributed by atoms with Crippen molar-refractivity contribution in [1.82, 2.24) is 19.8 Å². The van der Waals surface area contributed by atoms with Gasteiger partial charge in [0, 0.05) is 18.2 Å². The van der Waals surface area contributed by atoms with Gasteiger partial charge in [0.25, 0.3) is 5.91 Å². The van der Waals surface area contributed by atoms with Crippen molar-refractivity contribution < 1.29 is 13.6 Å². The molecule has 2 aromatic heterocycles. The van der Waals surface area contributed by atoms with E-state index in [1.807, 2.05) is 12.4 Å². The molecule has 0 bridgehead atoms. The number of amides is 1. The maximum atomic E-state index is 13.5. The number of halogens is 1. The minimum atomic E-state index is -0.282. The van der Waals surface area contributed by atoms with Crippen LogP contribution in [0.25, 0.3) is 22.7 Å². The summed E-state index contributed by atoms with van der Waals surface area (Å²) in [5, 5.41) is 2.97. The summed E-state index contributed by atoms with van der Waals surface area (Å²) in [7, 11) is 0. The van der Waals surface area contributed by atoms with Gasteiger partial charge in [-0.3, -0.25) is 4.79 Å². The highest BCUT2D eigenvalue weighted by atomic mass is 19.1. The standard InChI is InChI=1S/C27H35FN4O2/c1-3-31(4-2)18-8-17-29-27(33)24-16-15-23(34-24)26-25(20-11-13-21(28)14-12-20)30-19-32(26)22-9-6-5-7-10-22/h11-16,19,22H,3-10,17-18H2,1-2H3,(H,29,33). The first kappa shape index (κ1) is 24.2. The molecule has 1 saturated carbocycles. The number of furan rings is 1. The lowest BCUT2D eigenvalue weighted by molar-refractivity contribution is 0.0925. The zero-order valence-electron chi connectivity index (χ0n) is 20.2. The molecular weight excluding hydrogens is 431 g/mol. The third kappa shape index (κ3) is 5.58. The third-order valence-electron chi connectivity index (χ3n) is 6.77. The fourth-order valence-corrected chi connectivity index (χ4v) is 4.78. The van der Waals surface area contributed by atoms with Crippen molar-refractivity contribution in [2.24, 2.45) is 0 Å². The van der Waals surface area contributed by atoms with Crippen LogP contribution in [-0.2, 0) is 0 Å². The molecule has 0 atom stereocenters. The monoisotopic (exact) mass is 466 g/mol. The molecule has 1 amide bonds. The Bertz CT molecular complexity index is 1060. The Hall–Kier alpha value is -2.93. The van der Waals surface area contributed by atoms with Crippen LogP contribution in [0.4, 0.5) is 4.39 Å². The smallest absolute Gasteiger partial charge is 0.287 e. The number of hydrogen-bond acceptors (Lipinski definition) is 4. The largest absolute Gasteiger partial charge is 0.449 e. The van der Waals surface area contributed by atoms with E-state index in [0.717, 1.165) is 55.8 Å². The van der Waals surface area contributed by atoms with Crippen molar-refractivity contribution in [3.63, 3.8) is 0 Å². The molecule has 3 aromatic rings. The fourth-order valence-electron chi connectivity index (χ4n) is 4.78. The van der Waals surface area contributed by atoms with Crippen molar-refractivity contribution in [3.05, 3.63) is 54.3 Å². The van der Waals surface area contributed by atoms with Gasteiger partial charge in [0.15, 0.2) is 11.5 Å². The van der Waals surface area contributed by atoms with Gasteiger partial charge >= 0.3 is 0 Å². The molecule has 1 N–H and O–H groups in total. The summed E-state index contributed by atoms with van der Waals surface area (Å²) in [6.07, 6.45) is 8.56. The second-order valence-corrected chi connectivity index (χ2v) is 8.95. The molecule has 0 spiro atoms. The lowest BCUT2D eigenvalue weighted by Crippen LogP contribution is -2.29. The van der Waals surface area contributed by atoms with Crippen molar-refractivity contribution in [2.45, 2.75) is 58.4 Å². The molecule has 4 rings (SSSR count). The van der Waals surface area contributed by atoms with Gasteiger partial charge < -0.3 is 19.2 Å². The fraction of sp³-hybridized carbons (Fsp3) is 0.481. The Labute approximate surface area is 201 Å². The van der Waals surface area contributed by atoms with Crippen LogP contribution in [0.15, 0.2) is 47.1 Å². The van der Waals surface area contributed by atoms with E-state index >= 15 is 0 Å². The molecule has 2 heterocycles. The Kier molecular flexibility index (Phi) is 8.16. The molecule has 0 aliphatic heterocycles. The highest BCUT2D eigenvalue weighted by Crippen LogP contribution is 2.38. The summed E-state index contributed by atoms with van der Waals surface area (Å²) in [4.78, 5) is 19.7. The van der Waals surface area contributed by atoms with Gasteiger partial charge in [-0.1, -0.05) is 33.1 Å². The van der Waals surface area contributed by atoms with Crippen molar-refractivity contribution in [2.75, 3.05) is 26.2 Å². The van der Waals surface area contributed by atoms with Crippen LogP contribution in [0, 0.1) is 5.82 Å². The third-order valence-corrected chi connectivity index (χ3v) is 6.77. The number of carbonyl (C=O) groups is 1. The van der Waals surface area contributed by atoms with Crippen LogP contribution < -0.4 is 5.32 Å². The van der Waals surface area contributed by atoms with E-state index < -0.39 is 0 Å². The van der Waals surface area contributed by atoms with Crippen LogP contribution in [0.2, 0.25) is 0 Å². The van der Waals surface area contributed by atoms with E-state index in [1.165, 1.54) is 31.4 Å². The molecule has 0 unspecified atom stereocenters. The van der Waals surface area contributed by atoms with Gasteiger partial charge in [0.05, 0.1) is 12.0 Å². The summed E-state index contributed by atoms with van der Waals surface area (Å²) in [5.74, 6) is 0.405. The maximum absolute atomic E-state index is 13.5. The van der Waals surface area contributed by atoms with Gasteiger partial charge in [-0.05, 0) is 75.3 Å². The number of hydrogen-bond donors (Lipinski definition) is 1. The summed E-state index contributed by atoms with van der Waals surface area (Å²) in [6.45, 7) is 7.87. The van der Waals surface area contributed by atoms with E-state index in [-0.39, 0.29) is 11.7 Å². The van der Waals surface area contributed by atoms with Gasteiger partial charge in [0.2, 0.25) is 0 Å². The molecule has 1 aliphatic rings. The zero-order valence-corrected chi connectivity index (χ0v) is 20.2. The van der Waals surface area contributed by atoms with Gasteiger partial charge in [0.1, 0.15) is 11.5 Å². The van der Waals surface area contributed by atoms with E-state index in [9.17, 15) is 9.18 Å². The lowest BCUT2D eigenvalue weighted by atomic mass is 9.95. The summed E-state index contributed by atoms with van der Waals surface area (Å²) >= 11 is 0. The first-order chi connectivity index (χ1) is 16.6. The van der Waals surface area contributed by atoms with Gasteiger partial charge in [-0.25, -0.2) is 9.37 Å². The number of nitrogens with zero attached hydrogens (tertiary/aromatic N) is 3. The number of benzene rings is 1. The SMILES string of the molecule is CCN(CC)CCCNC(=O)c1ccc(-c2c(-c3ccc(F)cc3)ncn2C2CCCCC2)o1. The molecule has 1 aliphatic carbocycles. The Morgan fingerprint density at radius 2 is 1.85 bits per heavy atom. The average Bonchev–Trinajstić information content (AvgIpc) is 3.53. The number of nitrogens with one attached hydrogen (secondary N) is 1. The second kappa shape index (κ2) is 11.5. The van der Waals surface area contributed by atoms with Crippen molar-refractivity contribution >= 4 is 5.91 Å². The maximum Gasteiger partial charge on any atom is 0.287 e. The molecule has 0 saturated heterocycles. The number of aromatic nitrogens is 2. The molecule has 7 heteroatoms. The van der Waals surface area contributed by atoms with E-state index in [4.69, 9.17) is 9.40 Å². The van der Waals surface area contributed by atoms with Crippen LogP contribution in [0.1, 0.15) is 69.0 Å². The number of imidazole rings is 1. The predicted octanol–water partition coefficient (Wildman–Crippen LogP) is 5.92. The predicted molar refractivity (Wildman–Crippen MR) is 132 cm³/mol. The Morgan fingerprint density at radius 1 is 1.12 bits per heavy atom. The summed E-state index contributed by atoms with van der Waals surface area (Å²) in [6, 6.07) is 10.3. The van der Waals surface area contributed by atoms with Gasteiger partial charge in [-0.15, -0.1) is 0 Å². The van der Waals surface area contributed by atoms with Crippen LogP contribution >= 0.6 is 0 Å². The average molecular weight is 467 g/mol. The first-order valence-corrected chi connectivity index (χ1v) is 12.5. The first-order valence-electron chi connectivity index (χ1n) is 12.5. The van der Waals surface area contributed by atoms with Crippen LogP contribution in [0.5, 0.6) is 0 Å². The molecule has 6 nitrogen and oxygen atoms in total. The molecule has 182 valence electrons. The second-order valence-electron chi connectivity index (χ2n) is 8.95. The van der Waals surface area contributed by atoms with Crippen LogP contribution in [0.3, 0.4) is 0 Å². The van der Waals surface area contributed by atoms with Crippen molar-refractivity contribution in [3.8, 4) is 22.7 Å². The minimum absolute atomic E-state index is 0.210.